The van der Waals surface area contributed by atoms with Crippen LogP contribution >= 0.6 is 0 Å². The van der Waals surface area contributed by atoms with Crippen LogP contribution in [0.3, 0.4) is 0 Å². The topological polar surface area (TPSA) is 41.8 Å². The Morgan fingerprint density at radius 3 is 2.13 bits per heavy atom. The Morgan fingerprint density at radius 2 is 1.50 bits per heavy atom. The predicted molar refractivity (Wildman–Crippen MR) is 157 cm³/mol. The lowest BCUT2D eigenvalue weighted by Crippen LogP contribution is -2.48. The molecule has 0 unspecified atom stereocenters. The summed E-state index contributed by atoms with van der Waals surface area (Å²) in [6.45, 7) is 9.42. The Kier molecular flexibility index (Phi) is 6.37. The molecule has 4 bridgehead atoms. The Hall–Kier alpha value is -3.07. The molecular weight excluding hydrogens is 466 g/mol. The Labute approximate surface area is 228 Å². The summed E-state index contributed by atoms with van der Waals surface area (Å²) in [5, 5.41) is 11.8. The van der Waals surface area contributed by atoms with Gasteiger partial charge in [-0.2, -0.15) is 0 Å². The van der Waals surface area contributed by atoms with E-state index in [0.717, 1.165) is 45.9 Å². The molecule has 3 aromatic carbocycles. The van der Waals surface area contributed by atoms with Gasteiger partial charge in [0.25, 0.3) is 0 Å². The molecule has 0 aliphatic heterocycles. The minimum absolute atomic E-state index is 0.0122. The van der Waals surface area contributed by atoms with Crippen LogP contribution in [-0.4, -0.2) is 17.9 Å². The van der Waals surface area contributed by atoms with Crippen molar-refractivity contribution in [1.29, 1.82) is 0 Å². The molecule has 7 rings (SSSR count). The van der Waals surface area contributed by atoms with Crippen LogP contribution < -0.4 is 4.74 Å². The molecule has 4 saturated carbocycles. The van der Waals surface area contributed by atoms with Gasteiger partial charge in [0.15, 0.2) is 0 Å². The molecule has 4 aliphatic rings. The first kappa shape index (κ1) is 25.2. The quantitative estimate of drug-likeness (QED) is 0.338. The van der Waals surface area contributed by atoms with E-state index in [0.29, 0.717) is 12.4 Å². The maximum atomic E-state index is 11.8. The zero-order valence-electron chi connectivity index (χ0n) is 23.3. The maximum absolute atomic E-state index is 11.8. The van der Waals surface area contributed by atoms with Gasteiger partial charge in [0.2, 0.25) is 0 Å². The van der Waals surface area contributed by atoms with E-state index in [1.54, 1.807) is 0 Å². The maximum Gasteiger partial charge on any atom is 0.128 e. The van der Waals surface area contributed by atoms with Crippen molar-refractivity contribution in [1.82, 2.24) is 0 Å². The summed E-state index contributed by atoms with van der Waals surface area (Å²) in [5.41, 5.74) is 6.33. The normalized spacial score (nSPS) is 26.3. The summed E-state index contributed by atoms with van der Waals surface area (Å²) in [5.74, 6) is 3.78. The Bertz CT molecular complexity index is 1330. The van der Waals surface area contributed by atoms with Gasteiger partial charge >= 0.3 is 0 Å². The van der Waals surface area contributed by atoms with Crippen molar-refractivity contribution < 1.29 is 9.84 Å². The van der Waals surface area contributed by atoms with Gasteiger partial charge in [-0.15, -0.1) is 0 Å². The van der Waals surface area contributed by atoms with E-state index in [9.17, 15) is 5.11 Å². The van der Waals surface area contributed by atoms with Gasteiger partial charge in [-0.05, 0) is 97.8 Å². The van der Waals surface area contributed by atoms with Crippen LogP contribution in [0, 0.1) is 17.8 Å². The smallest absolute Gasteiger partial charge is 0.128 e. The molecule has 3 aromatic rings. The first-order valence-corrected chi connectivity index (χ1v) is 14.5. The second-order valence-corrected chi connectivity index (χ2v) is 13.1. The molecule has 0 saturated heterocycles. The molecular formula is C35H41NO2. The van der Waals surface area contributed by atoms with E-state index in [4.69, 9.17) is 9.73 Å². The van der Waals surface area contributed by atoms with Crippen LogP contribution in [0.4, 0.5) is 5.69 Å². The number of benzene rings is 3. The third-order valence-electron chi connectivity index (χ3n) is 9.34. The van der Waals surface area contributed by atoms with Gasteiger partial charge in [-0.3, -0.25) is 4.99 Å². The van der Waals surface area contributed by atoms with Gasteiger partial charge in [-0.1, -0.05) is 63.2 Å². The van der Waals surface area contributed by atoms with Gasteiger partial charge in [0.1, 0.15) is 11.5 Å². The van der Waals surface area contributed by atoms with Crippen molar-refractivity contribution in [2.24, 2.45) is 22.7 Å². The molecule has 0 spiro atoms. The predicted octanol–water partition coefficient (Wildman–Crippen LogP) is 8.97. The van der Waals surface area contributed by atoms with Crippen LogP contribution in [0.25, 0.3) is 11.1 Å². The minimum Gasteiger partial charge on any atom is -0.507 e. The summed E-state index contributed by atoms with van der Waals surface area (Å²) in [7, 11) is 0. The van der Waals surface area contributed by atoms with Crippen molar-refractivity contribution in [2.75, 3.05) is 6.61 Å². The molecule has 4 aliphatic carbocycles. The molecule has 0 heterocycles. The fourth-order valence-corrected chi connectivity index (χ4v) is 7.96. The number of aromatic hydroxyl groups is 1. The number of phenols is 1. The number of aliphatic imine (C=N–C) groups is 1. The van der Waals surface area contributed by atoms with Crippen molar-refractivity contribution >= 4 is 11.9 Å². The van der Waals surface area contributed by atoms with Gasteiger partial charge < -0.3 is 9.84 Å². The van der Waals surface area contributed by atoms with E-state index < -0.39 is 0 Å². The summed E-state index contributed by atoms with van der Waals surface area (Å²) < 4.78 is 5.92. The van der Waals surface area contributed by atoms with Crippen molar-refractivity contribution in [3.05, 3.63) is 77.4 Å². The third kappa shape index (κ3) is 4.55. The van der Waals surface area contributed by atoms with Crippen molar-refractivity contribution in [2.45, 2.75) is 77.0 Å². The summed E-state index contributed by atoms with van der Waals surface area (Å²) in [6.07, 6.45) is 9.76. The zero-order valence-corrected chi connectivity index (χ0v) is 23.3. The first-order chi connectivity index (χ1) is 18.3. The van der Waals surface area contributed by atoms with Crippen LogP contribution in [0.15, 0.2) is 65.7 Å². The summed E-state index contributed by atoms with van der Waals surface area (Å²) in [4.78, 5) is 4.98. The van der Waals surface area contributed by atoms with Gasteiger partial charge in [0.05, 0.1) is 12.3 Å². The van der Waals surface area contributed by atoms with Crippen molar-refractivity contribution in [3.8, 4) is 22.6 Å². The second kappa shape index (κ2) is 9.59. The summed E-state index contributed by atoms with van der Waals surface area (Å²) >= 11 is 0. The molecule has 3 heteroatoms. The third-order valence-corrected chi connectivity index (χ3v) is 9.34. The minimum atomic E-state index is -0.0122. The molecule has 38 heavy (non-hydrogen) atoms. The number of hydrogen-bond acceptors (Lipinski definition) is 3. The van der Waals surface area contributed by atoms with E-state index in [2.05, 4.69) is 45.0 Å². The van der Waals surface area contributed by atoms with Gasteiger partial charge in [-0.25, -0.2) is 0 Å². The number of nitrogens with zero attached hydrogens (tertiary/aromatic N) is 1. The highest BCUT2D eigenvalue weighted by Gasteiger charge is 2.52. The monoisotopic (exact) mass is 507 g/mol. The van der Waals surface area contributed by atoms with E-state index in [-0.39, 0.29) is 10.8 Å². The lowest BCUT2D eigenvalue weighted by Gasteiger charge is -2.57. The highest BCUT2D eigenvalue weighted by atomic mass is 16.5. The van der Waals surface area contributed by atoms with Crippen LogP contribution in [0.2, 0.25) is 0 Å². The van der Waals surface area contributed by atoms with Crippen LogP contribution in [-0.2, 0) is 10.8 Å². The number of rotatable bonds is 6. The number of hydrogen-bond donors (Lipinski definition) is 1. The lowest BCUT2D eigenvalue weighted by atomic mass is 9.47. The fraction of sp³-hybridized carbons (Fsp3) is 0.457. The molecule has 0 radical (unpaired) electrons. The molecule has 0 aromatic heterocycles. The first-order valence-electron chi connectivity index (χ1n) is 14.5. The van der Waals surface area contributed by atoms with Crippen LogP contribution in [0.5, 0.6) is 11.5 Å². The Balaban J connectivity index is 1.43. The standard InChI is InChI=1S/C35H41NO2/c1-5-38-32-13-9-7-11-29(32)28-10-6-8-12-31(28)36-22-26-17-27(34(2,3)4)18-30(33(26)37)35-19-23-14-24(20-35)16-25(15-23)21-35/h6-13,17-18,22-25,37H,5,14-16,19-21H2,1-4H3. The molecule has 0 atom stereocenters. The highest BCUT2D eigenvalue weighted by Crippen LogP contribution is 2.62. The summed E-state index contributed by atoms with van der Waals surface area (Å²) in [6, 6.07) is 20.8. The molecule has 0 amide bonds. The Morgan fingerprint density at radius 1 is 0.895 bits per heavy atom. The highest BCUT2D eigenvalue weighted by molar-refractivity contribution is 5.90. The second-order valence-electron chi connectivity index (χ2n) is 13.1. The van der Waals surface area contributed by atoms with E-state index in [1.807, 2.05) is 49.5 Å². The van der Waals surface area contributed by atoms with Crippen LogP contribution in [0.1, 0.15) is 82.9 Å². The molecule has 198 valence electrons. The van der Waals surface area contributed by atoms with E-state index in [1.165, 1.54) is 49.7 Å². The number of phenolic OH excluding ortho intramolecular Hbond substituents is 1. The average molecular weight is 508 g/mol. The zero-order chi connectivity index (χ0) is 26.5. The van der Waals surface area contributed by atoms with E-state index >= 15 is 0 Å². The number of para-hydroxylation sites is 2. The fourth-order valence-electron chi connectivity index (χ4n) is 7.96. The van der Waals surface area contributed by atoms with Crippen molar-refractivity contribution in [3.63, 3.8) is 0 Å². The largest absolute Gasteiger partial charge is 0.507 e. The van der Waals surface area contributed by atoms with Gasteiger partial charge in [0, 0.05) is 28.5 Å². The SMILES string of the molecule is CCOc1ccccc1-c1ccccc1N=Cc1cc(C(C)(C)C)cc(C23CC4CC(CC(C4)C2)C3)c1O. The average Bonchev–Trinajstić information content (AvgIpc) is 2.87. The molecule has 4 fully saturated rings. The number of ether oxygens (including phenoxy) is 1. The lowest BCUT2D eigenvalue weighted by molar-refractivity contribution is -0.00619. The molecule has 1 N–H and O–H groups in total. The molecule has 3 nitrogen and oxygen atoms in total.